The molecule has 0 aliphatic rings. The minimum atomic E-state index is 0.594. The molecule has 13 heavy (non-hydrogen) atoms. The monoisotopic (exact) mass is 176 g/mol. The Morgan fingerprint density at radius 3 is 2.69 bits per heavy atom. The summed E-state index contributed by atoms with van der Waals surface area (Å²) in [5.74, 6) is 0.594. The standard InChI is InChI=1S/C10H12N2O/c1-4-13-10-5-7(2)9(6-11)8(3)12-10/h5H,4H2,1-3H3. The first kappa shape index (κ1) is 9.53. The van der Waals surface area contributed by atoms with E-state index < -0.39 is 0 Å². The van der Waals surface area contributed by atoms with Gasteiger partial charge in [0.05, 0.1) is 17.9 Å². The molecule has 1 heterocycles. The molecule has 0 aromatic carbocycles. The van der Waals surface area contributed by atoms with E-state index in [2.05, 4.69) is 11.1 Å². The Balaban J connectivity index is 3.14. The number of rotatable bonds is 2. The first-order chi connectivity index (χ1) is 6.19. The second-order valence-corrected chi connectivity index (χ2v) is 2.78. The number of aryl methyl sites for hydroxylation is 2. The second kappa shape index (κ2) is 3.90. The molecule has 68 valence electrons. The Labute approximate surface area is 78.0 Å². The molecule has 0 fully saturated rings. The zero-order chi connectivity index (χ0) is 9.84. The summed E-state index contributed by atoms with van der Waals surface area (Å²) in [5, 5.41) is 8.79. The van der Waals surface area contributed by atoms with Crippen molar-refractivity contribution < 1.29 is 4.74 Å². The molecular formula is C10H12N2O. The van der Waals surface area contributed by atoms with Gasteiger partial charge < -0.3 is 4.74 Å². The molecule has 0 aliphatic carbocycles. The fraction of sp³-hybridized carbons (Fsp3) is 0.400. The molecule has 0 radical (unpaired) electrons. The Kier molecular flexibility index (Phi) is 2.86. The number of nitriles is 1. The lowest BCUT2D eigenvalue weighted by molar-refractivity contribution is 0.326. The molecule has 0 spiro atoms. The van der Waals surface area contributed by atoms with Crippen molar-refractivity contribution in [2.24, 2.45) is 0 Å². The summed E-state index contributed by atoms with van der Waals surface area (Å²) < 4.78 is 5.25. The second-order valence-electron chi connectivity index (χ2n) is 2.78. The first-order valence-corrected chi connectivity index (χ1v) is 4.20. The Hall–Kier alpha value is -1.56. The van der Waals surface area contributed by atoms with Crippen LogP contribution in [0.15, 0.2) is 6.07 Å². The van der Waals surface area contributed by atoms with Gasteiger partial charge in [0.1, 0.15) is 6.07 Å². The molecule has 0 atom stereocenters. The van der Waals surface area contributed by atoms with E-state index in [9.17, 15) is 0 Å². The third-order valence-corrected chi connectivity index (χ3v) is 1.78. The maximum Gasteiger partial charge on any atom is 0.213 e. The van der Waals surface area contributed by atoms with Crippen LogP contribution in [-0.4, -0.2) is 11.6 Å². The molecule has 0 bridgehead atoms. The number of ether oxygens (including phenoxy) is 1. The van der Waals surface area contributed by atoms with Crippen molar-refractivity contribution in [3.63, 3.8) is 0 Å². The van der Waals surface area contributed by atoms with Gasteiger partial charge >= 0.3 is 0 Å². The maximum atomic E-state index is 8.79. The van der Waals surface area contributed by atoms with Gasteiger partial charge in [-0.05, 0) is 26.3 Å². The lowest BCUT2D eigenvalue weighted by Gasteiger charge is -2.06. The van der Waals surface area contributed by atoms with Crippen molar-refractivity contribution in [3.8, 4) is 11.9 Å². The molecule has 0 amide bonds. The van der Waals surface area contributed by atoms with E-state index in [0.29, 0.717) is 18.1 Å². The molecule has 1 aromatic rings. The van der Waals surface area contributed by atoms with Crippen molar-refractivity contribution in [1.29, 1.82) is 5.26 Å². The number of hydrogen-bond acceptors (Lipinski definition) is 3. The van der Waals surface area contributed by atoms with Crippen molar-refractivity contribution in [2.45, 2.75) is 20.8 Å². The van der Waals surface area contributed by atoms with E-state index in [0.717, 1.165) is 11.3 Å². The van der Waals surface area contributed by atoms with Crippen LogP contribution in [0.2, 0.25) is 0 Å². The number of aromatic nitrogens is 1. The van der Waals surface area contributed by atoms with Gasteiger partial charge in [0, 0.05) is 6.07 Å². The molecule has 3 heteroatoms. The van der Waals surface area contributed by atoms with Gasteiger partial charge in [-0.15, -0.1) is 0 Å². The van der Waals surface area contributed by atoms with Crippen LogP contribution in [0.4, 0.5) is 0 Å². The quantitative estimate of drug-likeness (QED) is 0.692. The van der Waals surface area contributed by atoms with Crippen LogP contribution in [0.5, 0.6) is 5.88 Å². The van der Waals surface area contributed by atoms with Crippen molar-refractivity contribution in [3.05, 3.63) is 22.9 Å². The summed E-state index contributed by atoms with van der Waals surface area (Å²) in [6.45, 7) is 6.20. The highest BCUT2D eigenvalue weighted by Gasteiger charge is 2.05. The lowest BCUT2D eigenvalue weighted by atomic mass is 10.1. The predicted octanol–water partition coefficient (Wildman–Crippen LogP) is 1.97. The van der Waals surface area contributed by atoms with Crippen molar-refractivity contribution in [2.75, 3.05) is 6.61 Å². The molecule has 3 nitrogen and oxygen atoms in total. The Morgan fingerprint density at radius 1 is 1.54 bits per heavy atom. The zero-order valence-corrected chi connectivity index (χ0v) is 8.09. The van der Waals surface area contributed by atoms with Crippen LogP contribution in [0.3, 0.4) is 0 Å². The highest BCUT2D eigenvalue weighted by molar-refractivity contribution is 5.42. The smallest absolute Gasteiger partial charge is 0.213 e. The summed E-state index contributed by atoms with van der Waals surface area (Å²) in [7, 11) is 0. The van der Waals surface area contributed by atoms with Gasteiger partial charge in [-0.3, -0.25) is 0 Å². The van der Waals surface area contributed by atoms with Crippen LogP contribution in [0, 0.1) is 25.2 Å². The molecule has 0 N–H and O–H groups in total. The van der Waals surface area contributed by atoms with E-state index in [4.69, 9.17) is 10.00 Å². The maximum absolute atomic E-state index is 8.79. The molecule has 1 aromatic heterocycles. The summed E-state index contributed by atoms with van der Waals surface area (Å²) in [5.41, 5.74) is 2.29. The highest BCUT2D eigenvalue weighted by Crippen LogP contribution is 2.16. The van der Waals surface area contributed by atoms with E-state index in [1.165, 1.54) is 0 Å². The largest absolute Gasteiger partial charge is 0.478 e. The van der Waals surface area contributed by atoms with Crippen LogP contribution in [0.1, 0.15) is 23.7 Å². The average molecular weight is 176 g/mol. The van der Waals surface area contributed by atoms with E-state index in [-0.39, 0.29) is 0 Å². The molecule has 0 aliphatic heterocycles. The van der Waals surface area contributed by atoms with Crippen LogP contribution >= 0.6 is 0 Å². The lowest BCUT2D eigenvalue weighted by Crippen LogP contribution is -1.99. The van der Waals surface area contributed by atoms with Gasteiger partial charge in [-0.25, -0.2) is 4.98 Å². The predicted molar refractivity (Wildman–Crippen MR) is 49.6 cm³/mol. The summed E-state index contributed by atoms with van der Waals surface area (Å²) in [4.78, 5) is 4.15. The summed E-state index contributed by atoms with van der Waals surface area (Å²) in [6.07, 6.45) is 0. The minimum absolute atomic E-state index is 0.594. The number of nitrogens with zero attached hydrogens (tertiary/aromatic N) is 2. The van der Waals surface area contributed by atoms with Gasteiger partial charge in [0.2, 0.25) is 5.88 Å². The van der Waals surface area contributed by atoms with Crippen LogP contribution < -0.4 is 4.74 Å². The van der Waals surface area contributed by atoms with Crippen LogP contribution in [-0.2, 0) is 0 Å². The third-order valence-electron chi connectivity index (χ3n) is 1.78. The van der Waals surface area contributed by atoms with Gasteiger partial charge in [0.15, 0.2) is 0 Å². The van der Waals surface area contributed by atoms with Gasteiger partial charge in [0.25, 0.3) is 0 Å². The normalized spacial score (nSPS) is 9.38. The van der Waals surface area contributed by atoms with E-state index in [1.807, 2.05) is 20.8 Å². The summed E-state index contributed by atoms with van der Waals surface area (Å²) in [6, 6.07) is 3.90. The number of hydrogen-bond donors (Lipinski definition) is 0. The van der Waals surface area contributed by atoms with Gasteiger partial charge in [-0.2, -0.15) is 5.26 Å². The topological polar surface area (TPSA) is 45.9 Å². The SMILES string of the molecule is CCOc1cc(C)c(C#N)c(C)n1. The van der Waals surface area contributed by atoms with Crippen LogP contribution in [0.25, 0.3) is 0 Å². The molecule has 0 unspecified atom stereocenters. The minimum Gasteiger partial charge on any atom is -0.478 e. The summed E-state index contributed by atoms with van der Waals surface area (Å²) >= 11 is 0. The fourth-order valence-electron chi connectivity index (χ4n) is 1.19. The third kappa shape index (κ3) is 1.97. The first-order valence-electron chi connectivity index (χ1n) is 4.20. The molecular weight excluding hydrogens is 164 g/mol. The van der Waals surface area contributed by atoms with Crippen molar-refractivity contribution >= 4 is 0 Å². The molecule has 0 saturated heterocycles. The Bertz CT molecular complexity index is 329. The van der Waals surface area contributed by atoms with E-state index >= 15 is 0 Å². The molecule has 1 rings (SSSR count). The van der Waals surface area contributed by atoms with Gasteiger partial charge in [-0.1, -0.05) is 0 Å². The Morgan fingerprint density at radius 2 is 2.23 bits per heavy atom. The molecule has 0 saturated carbocycles. The fourth-order valence-corrected chi connectivity index (χ4v) is 1.19. The number of pyridine rings is 1. The zero-order valence-electron chi connectivity index (χ0n) is 8.09. The van der Waals surface area contributed by atoms with E-state index in [1.54, 1.807) is 6.07 Å². The highest BCUT2D eigenvalue weighted by atomic mass is 16.5. The van der Waals surface area contributed by atoms with Crippen molar-refractivity contribution in [1.82, 2.24) is 4.98 Å². The average Bonchev–Trinajstić information content (AvgIpc) is 2.04.